The van der Waals surface area contributed by atoms with E-state index in [9.17, 15) is 4.79 Å². The van der Waals surface area contributed by atoms with Crippen LogP contribution in [-0.4, -0.2) is 61.5 Å². The van der Waals surface area contributed by atoms with Crippen molar-refractivity contribution in [3.8, 4) is 0 Å². The maximum absolute atomic E-state index is 12.6. The number of nitrogens with zero attached hydrogens (tertiary/aromatic N) is 4. The van der Waals surface area contributed by atoms with E-state index in [0.29, 0.717) is 25.5 Å². The van der Waals surface area contributed by atoms with Gasteiger partial charge in [-0.2, -0.15) is 0 Å². The average Bonchev–Trinajstić information content (AvgIpc) is 2.82. The molecule has 2 aromatic rings. The van der Waals surface area contributed by atoms with E-state index in [1.807, 2.05) is 23.1 Å². The van der Waals surface area contributed by atoms with Crippen LogP contribution in [0.4, 0.5) is 5.82 Å². The first-order chi connectivity index (χ1) is 14.7. The molecule has 0 radical (unpaired) electrons. The van der Waals surface area contributed by atoms with Crippen LogP contribution >= 0.6 is 0 Å². The summed E-state index contributed by atoms with van der Waals surface area (Å²) in [6.45, 7) is 6.54. The molecule has 0 saturated carbocycles. The van der Waals surface area contributed by atoms with E-state index < -0.39 is 0 Å². The number of anilines is 1. The third-order valence-electron chi connectivity index (χ3n) is 5.41. The summed E-state index contributed by atoms with van der Waals surface area (Å²) < 4.78 is 0. The van der Waals surface area contributed by atoms with E-state index >= 15 is 0 Å². The van der Waals surface area contributed by atoms with Gasteiger partial charge in [-0.1, -0.05) is 37.3 Å². The number of pyridine rings is 1. The number of aryl methyl sites for hydroxylation is 1. The number of piperazine rings is 1. The zero-order valence-electron chi connectivity index (χ0n) is 18.0. The van der Waals surface area contributed by atoms with E-state index in [2.05, 4.69) is 56.7 Å². The van der Waals surface area contributed by atoms with Crippen LogP contribution < -0.4 is 15.5 Å². The Hall–Kier alpha value is -3.09. The fourth-order valence-corrected chi connectivity index (χ4v) is 3.65. The Balaban J connectivity index is 1.38. The molecule has 1 fully saturated rings. The molecule has 0 bridgehead atoms. The highest BCUT2D eigenvalue weighted by molar-refractivity contribution is 5.81. The molecular formula is C23H32N6O. The van der Waals surface area contributed by atoms with Crippen molar-refractivity contribution < 1.29 is 4.79 Å². The Morgan fingerprint density at radius 2 is 1.77 bits per heavy atom. The van der Waals surface area contributed by atoms with Crippen molar-refractivity contribution in [1.29, 1.82) is 0 Å². The number of benzene rings is 1. The lowest BCUT2D eigenvalue weighted by Gasteiger charge is -2.35. The summed E-state index contributed by atoms with van der Waals surface area (Å²) >= 11 is 0. The van der Waals surface area contributed by atoms with Crippen LogP contribution in [0.25, 0.3) is 0 Å². The first kappa shape index (κ1) is 21.6. The van der Waals surface area contributed by atoms with Gasteiger partial charge in [-0.15, -0.1) is 0 Å². The molecule has 1 aromatic carbocycles. The summed E-state index contributed by atoms with van der Waals surface area (Å²) in [7, 11) is 1.75. The molecule has 1 aliphatic rings. The fraction of sp³-hybridized carbons (Fsp3) is 0.435. The predicted molar refractivity (Wildman–Crippen MR) is 122 cm³/mol. The summed E-state index contributed by atoms with van der Waals surface area (Å²) in [4.78, 5) is 25.4. The van der Waals surface area contributed by atoms with Crippen molar-refractivity contribution in [2.75, 3.05) is 44.7 Å². The third kappa shape index (κ3) is 5.95. The van der Waals surface area contributed by atoms with Crippen molar-refractivity contribution in [2.24, 2.45) is 4.99 Å². The summed E-state index contributed by atoms with van der Waals surface area (Å²) in [5.41, 5.74) is 2.60. The maximum atomic E-state index is 12.6. The van der Waals surface area contributed by atoms with Gasteiger partial charge in [0.25, 0.3) is 0 Å². The maximum Gasteiger partial charge on any atom is 0.224 e. The second kappa shape index (κ2) is 11.2. The number of hydrogen-bond acceptors (Lipinski definition) is 4. The van der Waals surface area contributed by atoms with E-state index in [1.165, 1.54) is 11.1 Å². The van der Waals surface area contributed by atoms with Crippen LogP contribution in [-0.2, 0) is 17.8 Å². The monoisotopic (exact) mass is 408 g/mol. The molecule has 1 amide bonds. The highest BCUT2D eigenvalue weighted by atomic mass is 16.2. The van der Waals surface area contributed by atoms with Crippen LogP contribution in [0.3, 0.4) is 0 Å². The Morgan fingerprint density at radius 3 is 2.43 bits per heavy atom. The van der Waals surface area contributed by atoms with Crippen molar-refractivity contribution >= 4 is 17.7 Å². The Morgan fingerprint density at radius 1 is 1.03 bits per heavy atom. The van der Waals surface area contributed by atoms with Crippen molar-refractivity contribution in [3.05, 3.63) is 59.8 Å². The smallest absolute Gasteiger partial charge is 0.224 e. The number of amides is 1. The number of carbonyl (C=O) groups excluding carboxylic acids is 1. The van der Waals surface area contributed by atoms with Crippen molar-refractivity contribution in [1.82, 2.24) is 20.5 Å². The van der Waals surface area contributed by atoms with Gasteiger partial charge in [0.05, 0.1) is 0 Å². The second-order valence-electron chi connectivity index (χ2n) is 7.28. The zero-order valence-corrected chi connectivity index (χ0v) is 18.0. The number of carbonyl (C=O) groups is 1. The summed E-state index contributed by atoms with van der Waals surface area (Å²) in [5, 5.41) is 6.59. The fourth-order valence-electron chi connectivity index (χ4n) is 3.65. The molecule has 1 saturated heterocycles. The van der Waals surface area contributed by atoms with E-state index in [0.717, 1.165) is 38.4 Å². The van der Waals surface area contributed by atoms with E-state index in [-0.39, 0.29) is 5.91 Å². The normalized spacial score (nSPS) is 14.5. The molecule has 0 unspecified atom stereocenters. The van der Waals surface area contributed by atoms with Gasteiger partial charge in [0.2, 0.25) is 5.91 Å². The molecule has 3 rings (SSSR count). The molecule has 0 spiro atoms. The van der Waals surface area contributed by atoms with Gasteiger partial charge in [0.15, 0.2) is 5.96 Å². The minimum Gasteiger partial charge on any atom is -0.356 e. The lowest BCUT2D eigenvalue weighted by atomic mass is 10.1. The molecule has 1 aliphatic heterocycles. The Bertz CT molecular complexity index is 831. The molecule has 0 atom stereocenters. The van der Waals surface area contributed by atoms with Crippen molar-refractivity contribution in [3.63, 3.8) is 0 Å². The van der Waals surface area contributed by atoms with Gasteiger partial charge in [-0.3, -0.25) is 9.79 Å². The number of aliphatic imine (C=N–C) groups is 1. The molecule has 2 N–H and O–H groups in total. The third-order valence-corrected chi connectivity index (χ3v) is 5.41. The number of aromatic nitrogens is 1. The van der Waals surface area contributed by atoms with Crippen LogP contribution in [0.1, 0.15) is 24.5 Å². The van der Waals surface area contributed by atoms with Crippen LogP contribution in [0.15, 0.2) is 53.7 Å². The van der Waals surface area contributed by atoms with Crippen LogP contribution in [0.2, 0.25) is 0 Å². The predicted octanol–water partition coefficient (Wildman–Crippen LogP) is 2.05. The number of rotatable bonds is 7. The molecule has 0 aliphatic carbocycles. The topological polar surface area (TPSA) is 72.9 Å². The van der Waals surface area contributed by atoms with Gasteiger partial charge in [-0.25, -0.2) is 4.98 Å². The first-order valence-corrected chi connectivity index (χ1v) is 10.7. The number of nitrogens with one attached hydrogen (secondary N) is 2. The van der Waals surface area contributed by atoms with Crippen LogP contribution in [0, 0.1) is 0 Å². The number of hydrogen-bond donors (Lipinski definition) is 2. The Labute approximate surface area is 179 Å². The SMILES string of the molecule is CCc1ccccc1CNC(=NC)NCCC(=O)N1CCN(c2ccccn2)CC1. The minimum atomic E-state index is 0.176. The van der Waals surface area contributed by atoms with Gasteiger partial charge < -0.3 is 20.4 Å². The van der Waals surface area contributed by atoms with Gasteiger partial charge in [0, 0.05) is 58.9 Å². The van der Waals surface area contributed by atoms with Gasteiger partial charge >= 0.3 is 0 Å². The molecule has 7 nitrogen and oxygen atoms in total. The highest BCUT2D eigenvalue weighted by Gasteiger charge is 2.21. The Kier molecular flexibility index (Phi) is 8.06. The zero-order chi connectivity index (χ0) is 21.2. The summed E-state index contributed by atoms with van der Waals surface area (Å²) in [6.07, 6.45) is 3.27. The number of guanidine groups is 1. The first-order valence-electron chi connectivity index (χ1n) is 10.7. The van der Waals surface area contributed by atoms with Gasteiger partial charge in [0.1, 0.15) is 5.82 Å². The van der Waals surface area contributed by atoms with Crippen molar-refractivity contribution in [2.45, 2.75) is 26.3 Å². The molecule has 160 valence electrons. The minimum absolute atomic E-state index is 0.176. The average molecular weight is 409 g/mol. The quantitative estimate of drug-likeness (QED) is 0.542. The second-order valence-corrected chi connectivity index (χ2v) is 7.28. The molecule has 2 heterocycles. The standard InChI is InChI=1S/C23H32N6O/c1-3-19-8-4-5-9-20(19)18-27-23(24-2)26-13-11-22(30)29-16-14-28(15-17-29)21-10-6-7-12-25-21/h4-10,12H,3,11,13-18H2,1-2H3,(H2,24,26,27). The lowest BCUT2D eigenvalue weighted by Crippen LogP contribution is -2.49. The molecule has 7 heteroatoms. The largest absolute Gasteiger partial charge is 0.356 e. The van der Waals surface area contributed by atoms with E-state index in [1.54, 1.807) is 13.2 Å². The van der Waals surface area contributed by atoms with Gasteiger partial charge in [-0.05, 0) is 29.7 Å². The molecule has 30 heavy (non-hydrogen) atoms. The molecular weight excluding hydrogens is 376 g/mol. The summed E-state index contributed by atoms with van der Waals surface area (Å²) in [6, 6.07) is 14.3. The van der Waals surface area contributed by atoms with E-state index in [4.69, 9.17) is 0 Å². The lowest BCUT2D eigenvalue weighted by molar-refractivity contribution is -0.131. The highest BCUT2D eigenvalue weighted by Crippen LogP contribution is 2.13. The molecule has 1 aromatic heterocycles. The summed E-state index contributed by atoms with van der Waals surface area (Å²) in [5.74, 6) is 1.87. The van der Waals surface area contributed by atoms with Crippen LogP contribution in [0.5, 0.6) is 0 Å².